The second-order valence-electron chi connectivity index (χ2n) is 4.61. The van der Waals surface area contributed by atoms with Gasteiger partial charge in [-0.15, -0.1) is 0 Å². The van der Waals surface area contributed by atoms with Crippen molar-refractivity contribution in [2.75, 3.05) is 0 Å². The number of aromatic nitrogens is 2. The highest BCUT2D eigenvalue weighted by molar-refractivity contribution is 5.27. The standard InChI is InChI=1S/C16H14N2O2/c19-14-8-6-13(7-9-14)11-16-17-15(18-20-16)10-12-4-2-1-3-5-12/h1-9,19H,10-11H2. The van der Waals surface area contributed by atoms with Crippen molar-refractivity contribution in [3.63, 3.8) is 0 Å². The molecule has 4 nitrogen and oxygen atoms in total. The Morgan fingerprint density at radius 2 is 1.55 bits per heavy atom. The van der Waals surface area contributed by atoms with Crippen LogP contribution >= 0.6 is 0 Å². The fourth-order valence-electron chi connectivity index (χ4n) is 2.00. The number of aromatic hydroxyl groups is 1. The van der Waals surface area contributed by atoms with E-state index in [1.165, 1.54) is 0 Å². The van der Waals surface area contributed by atoms with E-state index < -0.39 is 0 Å². The first-order valence-corrected chi connectivity index (χ1v) is 6.43. The minimum atomic E-state index is 0.254. The first-order chi connectivity index (χ1) is 9.79. The SMILES string of the molecule is Oc1ccc(Cc2nc(Cc3ccccc3)no2)cc1. The maximum Gasteiger partial charge on any atom is 0.231 e. The largest absolute Gasteiger partial charge is 0.508 e. The summed E-state index contributed by atoms with van der Waals surface area (Å²) in [6.07, 6.45) is 1.24. The Hall–Kier alpha value is -2.62. The van der Waals surface area contributed by atoms with Gasteiger partial charge in [0.1, 0.15) is 5.75 Å². The molecule has 1 aromatic heterocycles. The third-order valence-electron chi connectivity index (χ3n) is 3.01. The molecule has 0 atom stereocenters. The van der Waals surface area contributed by atoms with Crippen molar-refractivity contribution in [1.29, 1.82) is 0 Å². The topological polar surface area (TPSA) is 59.2 Å². The lowest BCUT2D eigenvalue weighted by Gasteiger charge is -1.96. The second kappa shape index (κ2) is 5.57. The van der Waals surface area contributed by atoms with Crippen LogP contribution in [0.25, 0.3) is 0 Å². The Morgan fingerprint density at radius 3 is 2.30 bits per heavy atom. The minimum Gasteiger partial charge on any atom is -0.508 e. The number of phenolic OH excluding ortho intramolecular Hbond substituents is 1. The summed E-state index contributed by atoms with van der Waals surface area (Å²) in [7, 11) is 0. The summed E-state index contributed by atoms with van der Waals surface area (Å²) in [4.78, 5) is 4.38. The van der Waals surface area contributed by atoms with Crippen LogP contribution in [0.1, 0.15) is 22.8 Å². The Bertz CT molecular complexity index is 675. The molecule has 3 rings (SSSR count). The summed E-state index contributed by atoms with van der Waals surface area (Å²) >= 11 is 0. The van der Waals surface area contributed by atoms with Crippen molar-refractivity contribution >= 4 is 0 Å². The van der Waals surface area contributed by atoms with Crippen LogP contribution in [-0.4, -0.2) is 15.2 Å². The molecule has 0 bridgehead atoms. The Morgan fingerprint density at radius 1 is 0.850 bits per heavy atom. The van der Waals surface area contributed by atoms with Crippen molar-refractivity contribution in [3.8, 4) is 5.75 Å². The Kier molecular flexibility index (Phi) is 3.46. The van der Waals surface area contributed by atoms with Gasteiger partial charge in [0, 0.05) is 6.42 Å². The molecule has 0 radical (unpaired) electrons. The molecule has 0 amide bonds. The molecule has 1 heterocycles. The summed E-state index contributed by atoms with van der Waals surface area (Å²) < 4.78 is 5.25. The minimum absolute atomic E-state index is 0.254. The highest BCUT2D eigenvalue weighted by atomic mass is 16.5. The van der Waals surface area contributed by atoms with Crippen LogP contribution in [0.15, 0.2) is 59.1 Å². The van der Waals surface area contributed by atoms with Gasteiger partial charge in [0.25, 0.3) is 0 Å². The normalized spacial score (nSPS) is 10.6. The predicted octanol–water partition coefficient (Wildman–Crippen LogP) is 2.96. The molecule has 3 aromatic rings. The summed E-state index contributed by atoms with van der Waals surface area (Å²) in [6, 6.07) is 17.0. The molecule has 0 unspecified atom stereocenters. The summed E-state index contributed by atoms with van der Waals surface area (Å²) in [5.74, 6) is 1.52. The van der Waals surface area contributed by atoms with E-state index >= 15 is 0 Å². The van der Waals surface area contributed by atoms with Crippen LogP contribution in [0.2, 0.25) is 0 Å². The number of nitrogens with zero attached hydrogens (tertiary/aromatic N) is 2. The van der Waals surface area contributed by atoms with Crippen molar-refractivity contribution in [3.05, 3.63) is 77.4 Å². The van der Waals surface area contributed by atoms with E-state index in [0.29, 0.717) is 24.6 Å². The van der Waals surface area contributed by atoms with E-state index in [4.69, 9.17) is 4.52 Å². The average Bonchev–Trinajstić information content (AvgIpc) is 2.90. The highest BCUT2D eigenvalue weighted by Gasteiger charge is 2.07. The lowest BCUT2D eigenvalue weighted by atomic mass is 10.1. The molecule has 4 heteroatoms. The molecule has 0 aliphatic heterocycles. The maximum atomic E-state index is 9.24. The van der Waals surface area contributed by atoms with E-state index in [2.05, 4.69) is 10.1 Å². The van der Waals surface area contributed by atoms with E-state index in [1.54, 1.807) is 12.1 Å². The van der Waals surface area contributed by atoms with E-state index in [0.717, 1.165) is 11.1 Å². The number of phenols is 1. The predicted molar refractivity (Wildman–Crippen MR) is 74.5 cm³/mol. The van der Waals surface area contributed by atoms with Crippen LogP contribution in [0.4, 0.5) is 0 Å². The number of hydrogen-bond acceptors (Lipinski definition) is 4. The zero-order valence-electron chi connectivity index (χ0n) is 10.9. The van der Waals surface area contributed by atoms with Crippen molar-refractivity contribution in [2.45, 2.75) is 12.8 Å². The summed E-state index contributed by atoms with van der Waals surface area (Å²) in [5, 5.41) is 13.2. The van der Waals surface area contributed by atoms with Gasteiger partial charge in [0.15, 0.2) is 5.82 Å². The zero-order valence-corrected chi connectivity index (χ0v) is 10.9. The first-order valence-electron chi connectivity index (χ1n) is 6.43. The van der Waals surface area contributed by atoms with Gasteiger partial charge in [0.2, 0.25) is 5.89 Å². The van der Waals surface area contributed by atoms with Gasteiger partial charge in [-0.1, -0.05) is 47.6 Å². The number of hydrogen-bond donors (Lipinski definition) is 1. The van der Waals surface area contributed by atoms with E-state index in [-0.39, 0.29) is 5.75 Å². The van der Waals surface area contributed by atoms with Crippen LogP contribution in [0.3, 0.4) is 0 Å². The smallest absolute Gasteiger partial charge is 0.231 e. The fourth-order valence-corrected chi connectivity index (χ4v) is 2.00. The molecular formula is C16H14N2O2. The Balaban J connectivity index is 1.69. The molecule has 0 aliphatic rings. The van der Waals surface area contributed by atoms with E-state index in [1.807, 2.05) is 42.5 Å². The van der Waals surface area contributed by atoms with Gasteiger partial charge in [-0.3, -0.25) is 0 Å². The van der Waals surface area contributed by atoms with Crippen LogP contribution in [-0.2, 0) is 12.8 Å². The van der Waals surface area contributed by atoms with Crippen molar-refractivity contribution < 1.29 is 9.63 Å². The first kappa shape index (κ1) is 12.4. The lowest BCUT2D eigenvalue weighted by Crippen LogP contribution is -1.92. The molecule has 0 spiro atoms. The lowest BCUT2D eigenvalue weighted by molar-refractivity contribution is 0.380. The van der Waals surface area contributed by atoms with E-state index in [9.17, 15) is 5.11 Å². The molecule has 1 N–H and O–H groups in total. The van der Waals surface area contributed by atoms with Gasteiger partial charge in [0.05, 0.1) is 6.42 Å². The summed E-state index contributed by atoms with van der Waals surface area (Å²) in [6.45, 7) is 0. The molecule has 0 saturated carbocycles. The monoisotopic (exact) mass is 266 g/mol. The number of benzene rings is 2. The van der Waals surface area contributed by atoms with Gasteiger partial charge in [-0.05, 0) is 23.3 Å². The Labute approximate surface area is 116 Å². The van der Waals surface area contributed by atoms with Gasteiger partial charge < -0.3 is 9.63 Å². The second-order valence-corrected chi connectivity index (χ2v) is 4.61. The van der Waals surface area contributed by atoms with Crippen LogP contribution in [0, 0.1) is 0 Å². The highest BCUT2D eigenvalue weighted by Crippen LogP contribution is 2.13. The third-order valence-corrected chi connectivity index (χ3v) is 3.01. The molecule has 2 aromatic carbocycles. The quantitative estimate of drug-likeness (QED) is 0.788. The number of rotatable bonds is 4. The fraction of sp³-hybridized carbons (Fsp3) is 0.125. The molecule has 0 fully saturated rings. The van der Waals surface area contributed by atoms with Crippen LogP contribution < -0.4 is 0 Å². The molecule has 0 saturated heterocycles. The molecular weight excluding hydrogens is 252 g/mol. The van der Waals surface area contributed by atoms with Gasteiger partial charge in [-0.2, -0.15) is 4.98 Å². The third kappa shape index (κ3) is 3.03. The van der Waals surface area contributed by atoms with Gasteiger partial charge >= 0.3 is 0 Å². The maximum absolute atomic E-state index is 9.24. The van der Waals surface area contributed by atoms with Crippen molar-refractivity contribution in [2.24, 2.45) is 0 Å². The van der Waals surface area contributed by atoms with Crippen LogP contribution in [0.5, 0.6) is 5.75 Å². The molecule has 20 heavy (non-hydrogen) atoms. The van der Waals surface area contributed by atoms with Crippen molar-refractivity contribution in [1.82, 2.24) is 10.1 Å². The zero-order chi connectivity index (χ0) is 13.8. The molecule has 0 aliphatic carbocycles. The summed E-state index contributed by atoms with van der Waals surface area (Å²) in [5.41, 5.74) is 2.18. The molecule has 100 valence electrons. The average molecular weight is 266 g/mol. The van der Waals surface area contributed by atoms with Gasteiger partial charge in [-0.25, -0.2) is 0 Å².